The maximum atomic E-state index is 11.9. The molecule has 2 rings (SSSR count). The normalized spacial score (nSPS) is 23.9. The third kappa shape index (κ3) is 3.97. The summed E-state index contributed by atoms with van der Waals surface area (Å²) in [5, 5.41) is 2.85. The van der Waals surface area contributed by atoms with E-state index in [0.717, 1.165) is 18.7 Å². The van der Waals surface area contributed by atoms with Crippen LogP contribution >= 0.6 is 0 Å². The van der Waals surface area contributed by atoms with Gasteiger partial charge in [0.1, 0.15) is 5.60 Å². The molecule has 6 nitrogen and oxygen atoms in total. The first kappa shape index (κ1) is 15.8. The Morgan fingerprint density at radius 1 is 1.57 bits per heavy atom. The van der Waals surface area contributed by atoms with E-state index < -0.39 is 11.7 Å². The van der Waals surface area contributed by atoms with Crippen LogP contribution < -0.4 is 5.32 Å². The van der Waals surface area contributed by atoms with E-state index in [0.29, 0.717) is 0 Å². The van der Waals surface area contributed by atoms with Crippen LogP contribution in [0.4, 0.5) is 4.79 Å². The topological polar surface area (TPSA) is 65.4 Å². The highest BCUT2D eigenvalue weighted by atomic mass is 16.6. The van der Waals surface area contributed by atoms with Gasteiger partial charge in [0.2, 0.25) is 0 Å². The molecular weight excluding hydrogens is 270 g/mol. The summed E-state index contributed by atoms with van der Waals surface area (Å²) in [6.07, 6.45) is 4.29. The number of imidazole rings is 1. The highest BCUT2D eigenvalue weighted by molar-refractivity contribution is 5.68. The van der Waals surface area contributed by atoms with E-state index in [2.05, 4.69) is 21.8 Å². The van der Waals surface area contributed by atoms with Crippen molar-refractivity contribution in [1.82, 2.24) is 14.9 Å². The second kappa shape index (κ2) is 6.05. The SMILES string of the molecule is CC(NC(=O)OC(C)(C)C)c1cncn1C1CCOC1C. The van der Waals surface area contributed by atoms with Gasteiger partial charge >= 0.3 is 6.09 Å². The van der Waals surface area contributed by atoms with Crippen LogP contribution in [-0.4, -0.2) is 34.0 Å². The number of amides is 1. The molecular formula is C15H25N3O3. The van der Waals surface area contributed by atoms with Crippen molar-refractivity contribution in [3.8, 4) is 0 Å². The van der Waals surface area contributed by atoms with Gasteiger partial charge in [0.15, 0.2) is 0 Å². The summed E-state index contributed by atoms with van der Waals surface area (Å²) < 4.78 is 13.0. The van der Waals surface area contributed by atoms with Gasteiger partial charge in [0.25, 0.3) is 0 Å². The summed E-state index contributed by atoms with van der Waals surface area (Å²) in [7, 11) is 0. The van der Waals surface area contributed by atoms with E-state index >= 15 is 0 Å². The summed E-state index contributed by atoms with van der Waals surface area (Å²) in [5.74, 6) is 0. The van der Waals surface area contributed by atoms with Gasteiger partial charge in [0, 0.05) is 6.61 Å². The van der Waals surface area contributed by atoms with Crippen molar-refractivity contribution in [2.45, 2.75) is 64.8 Å². The third-order valence-corrected chi connectivity index (χ3v) is 3.57. The van der Waals surface area contributed by atoms with Gasteiger partial charge in [-0.2, -0.15) is 0 Å². The maximum Gasteiger partial charge on any atom is 0.408 e. The second-order valence-corrected chi connectivity index (χ2v) is 6.53. The lowest BCUT2D eigenvalue weighted by molar-refractivity contribution is 0.0505. The van der Waals surface area contributed by atoms with Crippen LogP contribution in [0.1, 0.15) is 58.8 Å². The zero-order chi connectivity index (χ0) is 15.6. The quantitative estimate of drug-likeness (QED) is 0.931. The van der Waals surface area contributed by atoms with Gasteiger partial charge < -0.3 is 19.4 Å². The van der Waals surface area contributed by atoms with Crippen LogP contribution in [0, 0.1) is 0 Å². The van der Waals surface area contributed by atoms with Gasteiger partial charge in [-0.05, 0) is 41.0 Å². The van der Waals surface area contributed by atoms with Crippen molar-refractivity contribution in [2.24, 2.45) is 0 Å². The molecule has 1 fully saturated rings. The number of hydrogen-bond donors (Lipinski definition) is 1. The summed E-state index contributed by atoms with van der Waals surface area (Å²) in [6, 6.07) is 0.0977. The van der Waals surface area contributed by atoms with Crippen molar-refractivity contribution >= 4 is 6.09 Å². The summed E-state index contributed by atoms with van der Waals surface area (Å²) >= 11 is 0. The molecule has 1 aliphatic heterocycles. The molecule has 21 heavy (non-hydrogen) atoms. The fraction of sp³-hybridized carbons (Fsp3) is 0.733. The lowest BCUT2D eigenvalue weighted by Gasteiger charge is -2.24. The molecule has 6 heteroatoms. The molecule has 3 atom stereocenters. The van der Waals surface area contributed by atoms with E-state index in [4.69, 9.17) is 9.47 Å². The highest BCUT2D eigenvalue weighted by Gasteiger charge is 2.29. The van der Waals surface area contributed by atoms with E-state index in [1.165, 1.54) is 0 Å². The predicted molar refractivity (Wildman–Crippen MR) is 79.1 cm³/mol. The Bertz CT molecular complexity index is 493. The molecule has 118 valence electrons. The van der Waals surface area contributed by atoms with Gasteiger partial charge in [-0.15, -0.1) is 0 Å². The van der Waals surface area contributed by atoms with Crippen molar-refractivity contribution in [2.75, 3.05) is 6.61 Å². The highest BCUT2D eigenvalue weighted by Crippen LogP contribution is 2.28. The Morgan fingerprint density at radius 3 is 2.86 bits per heavy atom. The fourth-order valence-corrected chi connectivity index (χ4v) is 2.57. The smallest absolute Gasteiger partial charge is 0.408 e. The number of nitrogens with zero attached hydrogens (tertiary/aromatic N) is 2. The Balaban J connectivity index is 2.05. The van der Waals surface area contributed by atoms with E-state index in [1.54, 1.807) is 12.5 Å². The summed E-state index contributed by atoms with van der Waals surface area (Å²) in [4.78, 5) is 16.1. The maximum absolute atomic E-state index is 11.9. The molecule has 1 amide bonds. The molecule has 0 radical (unpaired) electrons. The van der Waals surface area contributed by atoms with Crippen molar-refractivity contribution in [3.05, 3.63) is 18.2 Å². The van der Waals surface area contributed by atoms with Crippen molar-refractivity contribution in [3.63, 3.8) is 0 Å². The minimum absolute atomic E-state index is 0.159. The van der Waals surface area contributed by atoms with Crippen molar-refractivity contribution < 1.29 is 14.3 Å². The number of alkyl carbamates (subject to hydrolysis) is 1. The van der Waals surface area contributed by atoms with Crippen LogP contribution in [0.25, 0.3) is 0 Å². The lowest BCUT2D eigenvalue weighted by Crippen LogP contribution is -2.35. The number of nitrogens with one attached hydrogen (secondary N) is 1. The zero-order valence-electron chi connectivity index (χ0n) is 13.4. The van der Waals surface area contributed by atoms with Gasteiger partial charge in [-0.3, -0.25) is 0 Å². The molecule has 0 aliphatic carbocycles. The summed E-state index contributed by atoms with van der Waals surface area (Å²) in [5.41, 5.74) is 0.459. The lowest BCUT2D eigenvalue weighted by atomic mass is 10.1. The van der Waals surface area contributed by atoms with Crippen LogP contribution in [0.3, 0.4) is 0 Å². The molecule has 0 bridgehead atoms. The number of rotatable bonds is 3. The monoisotopic (exact) mass is 295 g/mol. The van der Waals surface area contributed by atoms with Gasteiger partial charge in [-0.1, -0.05) is 0 Å². The Labute approximate surface area is 125 Å². The average molecular weight is 295 g/mol. The van der Waals surface area contributed by atoms with E-state index in [9.17, 15) is 4.79 Å². The Kier molecular flexibility index (Phi) is 4.56. The first-order chi connectivity index (χ1) is 9.78. The second-order valence-electron chi connectivity index (χ2n) is 6.53. The van der Waals surface area contributed by atoms with E-state index in [1.807, 2.05) is 27.7 Å². The Hall–Kier alpha value is -1.56. The molecule has 0 saturated carbocycles. The standard InChI is InChI=1S/C15H25N3O3/c1-10(17-14(19)21-15(3,4)5)13-8-16-9-18(13)12-6-7-20-11(12)2/h8-12H,6-7H2,1-5H3,(H,17,19). The number of aromatic nitrogens is 2. The van der Waals surface area contributed by atoms with Crippen LogP contribution in [0.2, 0.25) is 0 Å². The third-order valence-electron chi connectivity index (χ3n) is 3.57. The van der Waals surface area contributed by atoms with Crippen LogP contribution in [-0.2, 0) is 9.47 Å². The largest absolute Gasteiger partial charge is 0.444 e. The number of hydrogen-bond acceptors (Lipinski definition) is 4. The molecule has 1 aliphatic rings. The number of carbonyl (C=O) groups excluding carboxylic acids is 1. The van der Waals surface area contributed by atoms with Crippen LogP contribution in [0.15, 0.2) is 12.5 Å². The van der Waals surface area contributed by atoms with Crippen LogP contribution in [0.5, 0.6) is 0 Å². The average Bonchev–Trinajstić information content (AvgIpc) is 2.93. The molecule has 1 N–H and O–H groups in total. The molecule has 0 aromatic carbocycles. The van der Waals surface area contributed by atoms with Gasteiger partial charge in [-0.25, -0.2) is 9.78 Å². The summed E-state index contributed by atoms with van der Waals surface area (Å²) in [6.45, 7) is 10.3. The fourth-order valence-electron chi connectivity index (χ4n) is 2.57. The molecule has 1 saturated heterocycles. The van der Waals surface area contributed by atoms with E-state index in [-0.39, 0.29) is 18.2 Å². The van der Waals surface area contributed by atoms with Crippen molar-refractivity contribution in [1.29, 1.82) is 0 Å². The Morgan fingerprint density at radius 2 is 2.29 bits per heavy atom. The number of carbonyl (C=O) groups is 1. The molecule has 2 heterocycles. The molecule has 1 aromatic heterocycles. The number of ether oxygens (including phenoxy) is 2. The first-order valence-corrected chi connectivity index (χ1v) is 7.41. The predicted octanol–water partition coefficient (Wildman–Crippen LogP) is 2.82. The minimum atomic E-state index is -0.502. The zero-order valence-corrected chi connectivity index (χ0v) is 13.4. The molecule has 0 spiro atoms. The molecule has 1 aromatic rings. The van der Waals surface area contributed by atoms with Gasteiger partial charge in [0.05, 0.1) is 36.4 Å². The molecule has 3 unspecified atom stereocenters. The first-order valence-electron chi connectivity index (χ1n) is 7.41. The minimum Gasteiger partial charge on any atom is -0.444 e.